The van der Waals surface area contributed by atoms with E-state index in [9.17, 15) is 15.2 Å². The summed E-state index contributed by atoms with van der Waals surface area (Å²) in [5.74, 6) is -0.281. The SMILES string of the molecule is N#Cc1cnn2c(-c3cc(N[C@H]4CCC[C@@H](O)C4)c(C(=O)NCC4(C#N)CC4)cn3)ccc2c1. The van der Waals surface area contributed by atoms with Gasteiger partial charge in [0, 0.05) is 18.8 Å². The van der Waals surface area contributed by atoms with E-state index >= 15 is 0 Å². The van der Waals surface area contributed by atoms with Gasteiger partial charge in [-0.1, -0.05) is 0 Å². The highest BCUT2D eigenvalue weighted by Crippen LogP contribution is 2.44. The van der Waals surface area contributed by atoms with E-state index in [2.05, 4.69) is 32.9 Å². The van der Waals surface area contributed by atoms with E-state index in [-0.39, 0.29) is 18.1 Å². The van der Waals surface area contributed by atoms with E-state index < -0.39 is 5.41 Å². The van der Waals surface area contributed by atoms with E-state index in [1.807, 2.05) is 18.2 Å². The Morgan fingerprint density at radius 3 is 2.82 bits per heavy atom. The Morgan fingerprint density at radius 2 is 2.09 bits per heavy atom. The van der Waals surface area contributed by atoms with E-state index in [0.29, 0.717) is 35.5 Å². The van der Waals surface area contributed by atoms with Gasteiger partial charge in [0.25, 0.3) is 5.91 Å². The van der Waals surface area contributed by atoms with Gasteiger partial charge in [0.05, 0.1) is 57.5 Å². The monoisotopic (exact) mass is 455 g/mol. The molecule has 0 aliphatic heterocycles. The summed E-state index contributed by atoms with van der Waals surface area (Å²) in [5.41, 5.74) is 3.20. The highest BCUT2D eigenvalue weighted by molar-refractivity contribution is 6.00. The van der Waals surface area contributed by atoms with Gasteiger partial charge < -0.3 is 15.7 Å². The van der Waals surface area contributed by atoms with Gasteiger partial charge in [-0.3, -0.25) is 9.78 Å². The lowest BCUT2D eigenvalue weighted by Gasteiger charge is -2.28. The van der Waals surface area contributed by atoms with Crippen LogP contribution in [0.1, 0.15) is 54.4 Å². The summed E-state index contributed by atoms with van der Waals surface area (Å²) in [6, 6.07) is 11.8. The topological polar surface area (TPSA) is 139 Å². The molecule has 172 valence electrons. The molecular formula is C25H25N7O2. The van der Waals surface area contributed by atoms with Gasteiger partial charge in [0.1, 0.15) is 6.07 Å². The van der Waals surface area contributed by atoms with Crippen LogP contribution < -0.4 is 10.6 Å². The number of carbonyl (C=O) groups excluding carboxylic acids is 1. The van der Waals surface area contributed by atoms with Gasteiger partial charge in [-0.25, -0.2) is 4.52 Å². The number of rotatable bonds is 6. The number of carbonyl (C=O) groups is 1. The molecule has 3 heterocycles. The van der Waals surface area contributed by atoms with Crippen LogP contribution in [0.2, 0.25) is 0 Å². The van der Waals surface area contributed by atoms with Crippen LogP contribution in [0.3, 0.4) is 0 Å². The molecule has 9 nitrogen and oxygen atoms in total. The largest absolute Gasteiger partial charge is 0.393 e. The molecular weight excluding hydrogens is 430 g/mol. The Kier molecular flexibility index (Phi) is 5.64. The first-order chi connectivity index (χ1) is 16.5. The van der Waals surface area contributed by atoms with Crippen LogP contribution in [0.5, 0.6) is 0 Å². The van der Waals surface area contributed by atoms with Crippen molar-refractivity contribution in [2.24, 2.45) is 5.41 Å². The van der Waals surface area contributed by atoms with Crippen LogP contribution in [0, 0.1) is 28.1 Å². The van der Waals surface area contributed by atoms with Gasteiger partial charge in [-0.05, 0) is 62.8 Å². The number of hydrogen-bond acceptors (Lipinski definition) is 7. The smallest absolute Gasteiger partial charge is 0.255 e. The van der Waals surface area contributed by atoms with Gasteiger partial charge in [-0.2, -0.15) is 15.6 Å². The number of fused-ring (bicyclic) bond motifs is 1. The summed E-state index contributed by atoms with van der Waals surface area (Å²) >= 11 is 0. The average Bonchev–Trinajstić information content (AvgIpc) is 3.52. The number of nitrogens with one attached hydrogen (secondary N) is 2. The zero-order chi connectivity index (χ0) is 23.7. The van der Waals surface area contributed by atoms with Gasteiger partial charge in [0.15, 0.2) is 0 Å². The first-order valence-corrected chi connectivity index (χ1v) is 11.5. The first kappa shape index (κ1) is 21.9. The number of pyridine rings is 1. The maximum atomic E-state index is 13.0. The molecule has 2 atom stereocenters. The lowest BCUT2D eigenvalue weighted by Crippen LogP contribution is -2.33. The molecule has 2 saturated carbocycles. The maximum absolute atomic E-state index is 13.0. The third kappa shape index (κ3) is 4.30. The molecule has 5 rings (SSSR count). The molecule has 1 amide bonds. The predicted molar refractivity (Wildman–Crippen MR) is 125 cm³/mol. The van der Waals surface area contributed by atoms with Crippen molar-refractivity contribution in [3.05, 3.63) is 47.8 Å². The minimum atomic E-state index is -0.442. The number of aromatic nitrogens is 3. The minimum Gasteiger partial charge on any atom is -0.393 e. The average molecular weight is 456 g/mol. The van der Waals surface area contributed by atoms with Gasteiger partial charge >= 0.3 is 0 Å². The Hall–Kier alpha value is -3.95. The van der Waals surface area contributed by atoms with Crippen molar-refractivity contribution in [2.45, 2.75) is 50.7 Å². The summed E-state index contributed by atoms with van der Waals surface area (Å²) in [5, 5.41) is 39.3. The lowest BCUT2D eigenvalue weighted by molar-refractivity contribution is 0.0949. The third-order valence-electron chi connectivity index (χ3n) is 6.72. The van der Waals surface area contributed by atoms with Crippen molar-refractivity contribution in [1.82, 2.24) is 19.9 Å². The highest BCUT2D eigenvalue weighted by Gasteiger charge is 2.43. The molecule has 3 aromatic heterocycles. The molecule has 2 aliphatic carbocycles. The van der Waals surface area contributed by atoms with Gasteiger partial charge in [0.2, 0.25) is 0 Å². The Bertz CT molecular complexity index is 1330. The Morgan fingerprint density at radius 1 is 1.24 bits per heavy atom. The normalized spacial score (nSPS) is 20.8. The Balaban J connectivity index is 1.47. The minimum absolute atomic E-state index is 0.0415. The predicted octanol–water partition coefficient (Wildman–Crippen LogP) is 3.02. The Labute approximate surface area is 197 Å². The van der Waals surface area contributed by atoms with Crippen LogP contribution in [-0.2, 0) is 0 Å². The summed E-state index contributed by atoms with van der Waals surface area (Å²) < 4.78 is 1.71. The zero-order valence-electron chi connectivity index (χ0n) is 18.7. The van der Waals surface area contributed by atoms with E-state index in [4.69, 9.17) is 5.26 Å². The van der Waals surface area contributed by atoms with Crippen molar-refractivity contribution in [1.29, 1.82) is 10.5 Å². The number of amides is 1. The van der Waals surface area contributed by atoms with Crippen LogP contribution in [0.15, 0.2) is 36.7 Å². The number of nitriles is 2. The second kappa shape index (κ2) is 8.77. The van der Waals surface area contributed by atoms with E-state index in [1.165, 1.54) is 6.20 Å². The summed E-state index contributed by atoms with van der Waals surface area (Å²) in [6.45, 7) is 0.320. The van der Waals surface area contributed by atoms with Crippen molar-refractivity contribution >= 4 is 17.1 Å². The standard InChI is InChI=1S/C25H25N7O2/c26-11-16-8-18-4-5-23(32(18)30-12-16)22-10-21(31-17-2-1-3-19(33)9-17)20(13-28-22)24(34)29-15-25(14-27)6-7-25/h4-5,8,10,12-13,17,19,33H,1-3,6-7,9,15H2,(H,28,31)(H,29,34)/t17-,19+/m0/s1. The molecule has 0 radical (unpaired) electrons. The van der Waals surface area contributed by atoms with E-state index in [1.54, 1.807) is 16.8 Å². The van der Waals surface area contributed by atoms with Crippen LogP contribution >= 0.6 is 0 Å². The molecule has 2 aliphatic rings. The van der Waals surface area contributed by atoms with Crippen LogP contribution in [-0.4, -0.2) is 44.3 Å². The molecule has 34 heavy (non-hydrogen) atoms. The zero-order valence-corrected chi connectivity index (χ0v) is 18.7. The lowest BCUT2D eigenvalue weighted by atomic mass is 9.92. The fourth-order valence-electron chi connectivity index (χ4n) is 4.49. The number of aliphatic hydroxyl groups is 1. The second-order valence-corrected chi connectivity index (χ2v) is 9.26. The molecule has 0 saturated heterocycles. The molecule has 0 spiro atoms. The molecule has 3 N–H and O–H groups in total. The van der Waals surface area contributed by atoms with Crippen molar-refractivity contribution in [2.75, 3.05) is 11.9 Å². The second-order valence-electron chi connectivity index (χ2n) is 9.26. The third-order valence-corrected chi connectivity index (χ3v) is 6.72. The van der Waals surface area contributed by atoms with Crippen molar-refractivity contribution in [3.8, 4) is 23.5 Å². The molecule has 0 bridgehead atoms. The van der Waals surface area contributed by atoms with Crippen LogP contribution in [0.25, 0.3) is 16.9 Å². The first-order valence-electron chi connectivity index (χ1n) is 11.5. The summed E-state index contributed by atoms with van der Waals surface area (Å²) in [4.78, 5) is 17.6. The van der Waals surface area contributed by atoms with E-state index in [0.717, 1.165) is 43.3 Å². The quantitative estimate of drug-likeness (QED) is 0.519. The molecule has 0 unspecified atom stereocenters. The molecule has 0 aromatic carbocycles. The fraction of sp³-hybridized carbons (Fsp3) is 0.400. The molecule has 9 heteroatoms. The number of aliphatic hydroxyl groups excluding tert-OH is 1. The fourth-order valence-corrected chi connectivity index (χ4v) is 4.49. The number of anilines is 1. The molecule has 2 fully saturated rings. The van der Waals surface area contributed by atoms with Crippen molar-refractivity contribution in [3.63, 3.8) is 0 Å². The molecule has 3 aromatic rings. The summed E-state index contributed by atoms with van der Waals surface area (Å²) in [7, 11) is 0. The van der Waals surface area contributed by atoms with Crippen molar-refractivity contribution < 1.29 is 9.90 Å². The summed E-state index contributed by atoms with van der Waals surface area (Å²) in [6.07, 6.45) is 7.51. The maximum Gasteiger partial charge on any atom is 0.255 e. The van der Waals surface area contributed by atoms with Crippen LogP contribution in [0.4, 0.5) is 5.69 Å². The number of nitrogens with zero attached hydrogens (tertiary/aromatic N) is 5. The number of hydrogen-bond donors (Lipinski definition) is 3. The van der Waals surface area contributed by atoms with Gasteiger partial charge in [-0.15, -0.1) is 0 Å². The highest BCUT2D eigenvalue weighted by atomic mass is 16.3.